The largest absolute Gasteiger partial charge is 0.377 e. The first-order valence-corrected chi connectivity index (χ1v) is 13.3. The van der Waals surface area contributed by atoms with Crippen LogP contribution >= 0.6 is 0 Å². The van der Waals surface area contributed by atoms with E-state index in [0.717, 1.165) is 42.0 Å². The molecule has 2 aromatic rings. The van der Waals surface area contributed by atoms with E-state index in [-0.39, 0.29) is 18.0 Å². The first kappa shape index (κ1) is 23.2. The molecular formula is C22H32N8O3S. The SMILES string of the molecule is CC(C)S(=O)(=O)N1CC[C@H](N2CCc3c(-c4cnc(N)nc4)nc(N4CCOC[C@@H]4C)nc32)C1. The van der Waals surface area contributed by atoms with Crippen molar-refractivity contribution in [2.45, 2.75) is 50.9 Å². The topological polar surface area (TPSA) is 131 Å². The van der Waals surface area contributed by atoms with Crippen molar-refractivity contribution >= 4 is 27.7 Å². The highest BCUT2D eigenvalue weighted by Gasteiger charge is 2.39. The van der Waals surface area contributed by atoms with Gasteiger partial charge >= 0.3 is 0 Å². The van der Waals surface area contributed by atoms with Crippen molar-refractivity contribution in [3.63, 3.8) is 0 Å². The average molecular weight is 489 g/mol. The maximum absolute atomic E-state index is 12.7. The fourth-order valence-electron chi connectivity index (χ4n) is 4.97. The molecule has 34 heavy (non-hydrogen) atoms. The van der Waals surface area contributed by atoms with Gasteiger partial charge in [-0.25, -0.2) is 23.4 Å². The molecule has 0 bridgehead atoms. The molecule has 0 amide bonds. The summed E-state index contributed by atoms with van der Waals surface area (Å²) >= 11 is 0. The first-order chi connectivity index (χ1) is 16.3. The molecule has 0 saturated carbocycles. The molecule has 0 unspecified atom stereocenters. The van der Waals surface area contributed by atoms with Gasteiger partial charge in [0, 0.05) is 55.7 Å². The highest BCUT2D eigenvalue weighted by atomic mass is 32.2. The Labute approximate surface area is 200 Å². The monoisotopic (exact) mass is 488 g/mol. The summed E-state index contributed by atoms with van der Waals surface area (Å²) in [5, 5.41) is -0.425. The number of nitrogen functional groups attached to an aromatic ring is 1. The number of nitrogens with zero attached hydrogens (tertiary/aromatic N) is 7. The van der Waals surface area contributed by atoms with E-state index >= 15 is 0 Å². The molecule has 184 valence electrons. The van der Waals surface area contributed by atoms with Gasteiger partial charge in [0.05, 0.1) is 30.2 Å². The van der Waals surface area contributed by atoms with Crippen molar-refractivity contribution in [1.29, 1.82) is 0 Å². The fourth-order valence-corrected chi connectivity index (χ4v) is 6.30. The van der Waals surface area contributed by atoms with Gasteiger partial charge in [-0.2, -0.15) is 9.29 Å². The Kier molecular flexibility index (Phi) is 6.07. The lowest BCUT2D eigenvalue weighted by Crippen LogP contribution is -2.45. The summed E-state index contributed by atoms with van der Waals surface area (Å²) in [5.41, 5.74) is 8.37. The molecule has 2 saturated heterocycles. The van der Waals surface area contributed by atoms with Gasteiger partial charge < -0.3 is 20.3 Å². The van der Waals surface area contributed by atoms with E-state index in [1.54, 1.807) is 30.5 Å². The number of rotatable bonds is 5. The second kappa shape index (κ2) is 8.90. The fraction of sp³-hybridized carbons (Fsp3) is 0.636. The number of sulfonamides is 1. The molecule has 5 heterocycles. The number of morpholine rings is 1. The minimum absolute atomic E-state index is 0.0788. The number of anilines is 3. The third-order valence-corrected chi connectivity index (χ3v) is 9.18. The van der Waals surface area contributed by atoms with E-state index in [1.165, 1.54) is 0 Å². The van der Waals surface area contributed by atoms with Crippen molar-refractivity contribution in [3.05, 3.63) is 18.0 Å². The van der Waals surface area contributed by atoms with Crippen LogP contribution in [-0.2, 0) is 21.2 Å². The maximum Gasteiger partial charge on any atom is 0.228 e. The van der Waals surface area contributed by atoms with E-state index in [4.69, 9.17) is 20.4 Å². The van der Waals surface area contributed by atoms with Crippen LogP contribution in [0.25, 0.3) is 11.3 Å². The average Bonchev–Trinajstić information content (AvgIpc) is 3.47. The zero-order chi connectivity index (χ0) is 24.0. The van der Waals surface area contributed by atoms with Crippen molar-refractivity contribution in [3.8, 4) is 11.3 Å². The molecule has 12 heteroatoms. The van der Waals surface area contributed by atoms with Crippen LogP contribution in [0, 0.1) is 0 Å². The smallest absolute Gasteiger partial charge is 0.228 e. The first-order valence-electron chi connectivity index (χ1n) is 11.8. The Morgan fingerprint density at radius 3 is 2.59 bits per heavy atom. The van der Waals surface area contributed by atoms with E-state index in [9.17, 15) is 8.42 Å². The molecule has 5 rings (SSSR count). The van der Waals surface area contributed by atoms with Crippen LogP contribution in [-0.4, -0.2) is 89.4 Å². The standard InChI is InChI=1S/C22H32N8O3S/c1-14(2)34(31,32)28-6-4-17(12-28)30-7-5-18-19(16-10-24-21(23)25-11-16)26-22(27-20(18)30)29-8-9-33-13-15(29)3/h10-11,14-15,17H,4-9,12-13H2,1-3H3,(H2,23,24,25)/t15-,17-/m0/s1. The summed E-state index contributed by atoms with van der Waals surface area (Å²) in [7, 11) is -3.28. The molecule has 2 atom stereocenters. The number of nitrogens with two attached hydrogens (primary N) is 1. The minimum atomic E-state index is -3.28. The minimum Gasteiger partial charge on any atom is -0.377 e. The van der Waals surface area contributed by atoms with E-state index < -0.39 is 15.3 Å². The van der Waals surface area contributed by atoms with Crippen LogP contribution in [0.3, 0.4) is 0 Å². The summed E-state index contributed by atoms with van der Waals surface area (Å²) in [6, 6.07) is 0.227. The lowest BCUT2D eigenvalue weighted by Gasteiger charge is -2.34. The highest BCUT2D eigenvalue weighted by molar-refractivity contribution is 7.89. The summed E-state index contributed by atoms with van der Waals surface area (Å²) in [5.74, 6) is 1.75. The Balaban J connectivity index is 1.53. The van der Waals surface area contributed by atoms with Gasteiger partial charge in [0.15, 0.2) is 0 Å². The van der Waals surface area contributed by atoms with Gasteiger partial charge in [-0.3, -0.25) is 0 Å². The van der Waals surface area contributed by atoms with Crippen LogP contribution in [0.4, 0.5) is 17.7 Å². The molecule has 3 aliphatic heterocycles. The van der Waals surface area contributed by atoms with Crippen LogP contribution in [0.2, 0.25) is 0 Å². The Hall–Kier alpha value is -2.57. The highest BCUT2D eigenvalue weighted by Crippen LogP contribution is 2.38. The van der Waals surface area contributed by atoms with E-state index in [1.807, 2.05) is 0 Å². The van der Waals surface area contributed by atoms with Crippen molar-refractivity contribution in [2.24, 2.45) is 0 Å². The number of hydrogen-bond acceptors (Lipinski definition) is 10. The molecule has 3 aliphatic rings. The quantitative estimate of drug-likeness (QED) is 0.648. The predicted molar refractivity (Wildman–Crippen MR) is 130 cm³/mol. The van der Waals surface area contributed by atoms with Crippen molar-refractivity contribution in [2.75, 3.05) is 54.9 Å². The summed E-state index contributed by atoms with van der Waals surface area (Å²) in [6.45, 7) is 9.31. The van der Waals surface area contributed by atoms with Gasteiger partial charge in [-0.05, 0) is 33.6 Å². The number of ether oxygens (including phenoxy) is 1. The lowest BCUT2D eigenvalue weighted by atomic mass is 10.1. The molecule has 2 aromatic heterocycles. The zero-order valence-electron chi connectivity index (χ0n) is 19.9. The van der Waals surface area contributed by atoms with Crippen LogP contribution < -0.4 is 15.5 Å². The van der Waals surface area contributed by atoms with Gasteiger partial charge in [-0.15, -0.1) is 0 Å². The summed E-state index contributed by atoms with van der Waals surface area (Å²) in [4.78, 5) is 22.8. The zero-order valence-corrected chi connectivity index (χ0v) is 20.7. The van der Waals surface area contributed by atoms with Gasteiger partial charge in [0.2, 0.25) is 21.9 Å². The van der Waals surface area contributed by atoms with Crippen molar-refractivity contribution < 1.29 is 13.2 Å². The predicted octanol–water partition coefficient (Wildman–Crippen LogP) is 0.916. The number of aromatic nitrogens is 4. The molecular weight excluding hydrogens is 456 g/mol. The Morgan fingerprint density at radius 2 is 1.88 bits per heavy atom. The van der Waals surface area contributed by atoms with Gasteiger partial charge in [-0.1, -0.05) is 0 Å². The number of hydrogen-bond donors (Lipinski definition) is 1. The molecule has 0 spiro atoms. The third kappa shape index (κ3) is 4.07. The molecule has 11 nitrogen and oxygen atoms in total. The second-order valence-electron chi connectivity index (χ2n) is 9.46. The molecule has 0 radical (unpaired) electrons. The Bertz CT molecular complexity index is 1160. The van der Waals surface area contributed by atoms with Crippen molar-refractivity contribution in [1.82, 2.24) is 24.2 Å². The molecule has 0 aromatic carbocycles. The van der Waals surface area contributed by atoms with Gasteiger partial charge in [0.1, 0.15) is 5.82 Å². The van der Waals surface area contributed by atoms with Gasteiger partial charge in [0.25, 0.3) is 0 Å². The second-order valence-corrected chi connectivity index (χ2v) is 11.9. The molecule has 0 aliphatic carbocycles. The summed E-state index contributed by atoms with van der Waals surface area (Å²) in [6.07, 6.45) is 4.96. The van der Waals surface area contributed by atoms with Crippen LogP contribution in [0.1, 0.15) is 32.8 Å². The van der Waals surface area contributed by atoms with E-state index in [0.29, 0.717) is 38.8 Å². The van der Waals surface area contributed by atoms with Crippen LogP contribution in [0.15, 0.2) is 12.4 Å². The van der Waals surface area contributed by atoms with Crippen LogP contribution in [0.5, 0.6) is 0 Å². The maximum atomic E-state index is 12.7. The molecule has 2 fully saturated rings. The normalized spacial score (nSPS) is 23.6. The number of fused-ring (bicyclic) bond motifs is 1. The summed E-state index contributed by atoms with van der Waals surface area (Å²) < 4.78 is 32.7. The van der Waals surface area contributed by atoms with E-state index in [2.05, 4.69) is 26.7 Å². The Morgan fingerprint density at radius 1 is 1.12 bits per heavy atom. The third-order valence-electron chi connectivity index (χ3n) is 6.94. The molecule has 2 N–H and O–H groups in total. The lowest BCUT2D eigenvalue weighted by molar-refractivity contribution is 0.0981.